The minimum Gasteiger partial charge on any atom is -0.434 e. The van der Waals surface area contributed by atoms with Crippen molar-refractivity contribution in [2.24, 2.45) is 0 Å². The van der Waals surface area contributed by atoms with Crippen LogP contribution >= 0.6 is 0 Å². The first-order valence-corrected chi connectivity index (χ1v) is 7.46. The van der Waals surface area contributed by atoms with Gasteiger partial charge in [-0.25, -0.2) is 14.6 Å². The summed E-state index contributed by atoms with van der Waals surface area (Å²) in [5, 5.41) is 6.57. The number of carbonyl (C=O) groups excluding carboxylic acids is 1. The molecular formula is C17H13F2N5O2. The summed E-state index contributed by atoms with van der Waals surface area (Å²) in [7, 11) is 0. The van der Waals surface area contributed by atoms with Gasteiger partial charge in [0.15, 0.2) is 5.82 Å². The Balaban J connectivity index is 1.65. The molecule has 0 aliphatic carbocycles. The Morgan fingerprint density at radius 2 is 2.08 bits per heavy atom. The number of aromatic nitrogens is 4. The highest BCUT2D eigenvalue weighted by atomic mass is 19.3. The van der Waals surface area contributed by atoms with E-state index in [1.165, 1.54) is 41.8 Å². The lowest BCUT2D eigenvalue weighted by Crippen LogP contribution is -2.09. The third kappa shape index (κ3) is 4.47. The number of halogens is 2. The fraction of sp³-hybridized carbons (Fsp3) is 0.0588. The van der Waals surface area contributed by atoms with E-state index in [0.29, 0.717) is 17.1 Å². The molecule has 0 bridgehead atoms. The lowest BCUT2D eigenvalue weighted by Gasteiger charge is -2.07. The van der Waals surface area contributed by atoms with Gasteiger partial charge < -0.3 is 10.1 Å². The molecule has 3 aromatic rings. The van der Waals surface area contributed by atoms with Gasteiger partial charge in [0.05, 0.1) is 11.9 Å². The SMILES string of the molecule is O=C(/C=C/c1ccccc1OC(F)F)Nc1ccc(-n2cncn2)nc1. The van der Waals surface area contributed by atoms with Crippen molar-refractivity contribution in [2.75, 3.05) is 5.32 Å². The van der Waals surface area contributed by atoms with Crippen LogP contribution in [0.15, 0.2) is 61.3 Å². The van der Waals surface area contributed by atoms with Gasteiger partial charge in [-0.3, -0.25) is 4.79 Å². The zero-order valence-corrected chi connectivity index (χ0v) is 13.3. The second-order valence-corrected chi connectivity index (χ2v) is 4.98. The Morgan fingerprint density at radius 3 is 2.77 bits per heavy atom. The van der Waals surface area contributed by atoms with Crippen LogP contribution in [0.1, 0.15) is 5.56 Å². The van der Waals surface area contributed by atoms with Crippen LogP contribution in [0.2, 0.25) is 0 Å². The van der Waals surface area contributed by atoms with Crippen LogP contribution in [-0.4, -0.2) is 32.3 Å². The van der Waals surface area contributed by atoms with Crippen molar-refractivity contribution in [3.8, 4) is 11.6 Å². The number of anilines is 1. The Labute approximate surface area is 147 Å². The summed E-state index contributed by atoms with van der Waals surface area (Å²) in [5.74, 6) is 0.103. The van der Waals surface area contributed by atoms with Gasteiger partial charge in [-0.15, -0.1) is 0 Å². The summed E-state index contributed by atoms with van der Waals surface area (Å²) in [4.78, 5) is 20.0. The van der Waals surface area contributed by atoms with Crippen LogP contribution < -0.4 is 10.1 Å². The van der Waals surface area contributed by atoms with Crippen LogP contribution in [0.4, 0.5) is 14.5 Å². The van der Waals surface area contributed by atoms with Crippen LogP contribution in [-0.2, 0) is 4.79 Å². The molecule has 0 atom stereocenters. The van der Waals surface area contributed by atoms with Gasteiger partial charge in [-0.1, -0.05) is 18.2 Å². The molecule has 7 nitrogen and oxygen atoms in total. The maximum Gasteiger partial charge on any atom is 0.387 e. The summed E-state index contributed by atoms with van der Waals surface area (Å²) in [6, 6.07) is 9.51. The highest BCUT2D eigenvalue weighted by molar-refractivity contribution is 6.02. The van der Waals surface area contributed by atoms with Gasteiger partial charge in [-0.2, -0.15) is 13.9 Å². The van der Waals surface area contributed by atoms with Crippen molar-refractivity contribution in [1.82, 2.24) is 19.7 Å². The summed E-state index contributed by atoms with van der Waals surface area (Å²) in [6.07, 6.45) is 6.97. The van der Waals surface area contributed by atoms with E-state index < -0.39 is 12.5 Å². The third-order valence-corrected chi connectivity index (χ3v) is 3.22. The van der Waals surface area contributed by atoms with Crippen LogP contribution in [0.5, 0.6) is 5.75 Å². The molecule has 0 aliphatic rings. The maximum atomic E-state index is 12.4. The highest BCUT2D eigenvalue weighted by Gasteiger charge is 2.07. The quantitative estimate of drug-likeness (QED) is 0.686. The van der Waals surface area contributed by atoms with Crippen LogP contribution in [0.3, 0.4) is 0 Å². The molecule has 0 aliphatic heterocycles. The van der Waals surface area contributed by atoms with Crippen molar-refractivity contribution in [1.29, 1.82) is 0 Å². The van der Waals surface area contributed by atoms with E-state index in [1.54, 1.807) is 30.3 Å². The zero-order valence-electron chi connectivity index (χ0n) is 13.3. The molecule has 132 valence electrons. The predicted octanol–water partition coefficient (Wildman–Crippen LogP) is 2.92. The molecule has 0 saturated heterocycles. The number of pyridine rings is 1. The van der Waals surface area contributed by atoms with Crippen molar-refractivity contribution in [2.45, 2.75) is 6.61 Å². The second kappa shape index (κ2) is 7.97. The largest absolute Gasteiger partial charge is 0.434 e. The number of hydrogen-bond acceptors (Lipinski definition) is 5. The number of alkyl halides is 2. The number of benzene rings is 1. The number of nitrogens with one attached hydrogen (secondary N) is 1. The van der Waals surface area contributed by atoms with Gasteiger partial charge in [0, 0.05) is 11.6 Å². The van der Waals surface area contributed by atoms with Gasteiger partial charge in [0.2, 0.25) is 5.91 Å². The average molecular weight is 357 g/mol. The number of rotatable bonds is 6. The monoisotopic (exact) mass is 357 g/mol. The second-order valence-electron chi connectivity index (χ2n) is 4.98. The first-order chi connectivity index (χ1) is 12.6. The number of ether oxygens (including phenoxy) is 1. The third-order valence-electron chi connectivity index (χ3n) is 3.22. The fourth-order valence-corrected chi connectivity index (χ4v) is 2.09. The summed E-state index contributed by atoms with van der Waals surface area (Å²) in [6.45, 7) is -2.94. The standard InChI is InChI=1S/C17H13F2N5O2/c18-17(19)26-14-4-2-1-3-12(14)5-8-16(25)23-13-6-7-15(21-9-13)24-11-20-10-22-24/h1-11,17H,(H,23,25)/b8-5+. The molecule has 0 radical (unpaired) electrons. The molecule has 0 unspecified atom stereocenters. The molecule has 3 rings (SSSR count). The van der Waals surface area contributed by atoms with E-state index in [9.17, 15) is 13.6 Å². The van der Waals surface area contributed by atoms with Crippen LogP contribution in [0.25, 0.3) is 11.9 Å². The zero-order chi connectivity index (χ0) is 18.4. The minimum absolute atomic E-state index is 0.00889. The predicted molar refractivity (Wildman–Crippen MR) is 89.9 cm³/mol. The van der Waals surface area contributed by atoms with E-state index in [1.807, 2.05) is 0 Å². The molecule has 0 spiro atoms. The lowest BCUT2D eigenvalue weighted by atomic mass is 10.2. The van der Waals surface area contributed by atoms with Crippen molar-refractivity contribution >= 4 is 17.7 Å². The summed E-state index contributed by atoms with van der Waals surface area (Å²) >= 11 is 0. The normalized spacial score (nSPS) is 11.0. The minimum atomic E-state index is -2.94. The number of amides is 1. The first-order valence-electron chi connectivity index (χ1n) is 7.46. The molecule has 0 fully saturated rings. The number of carbonyl (C=O) groups is 1. The van der Waals surface area contributed by atoms with Crippen molar-refractivity contribution in [3.63, 3.8) is 0 Å². The molecule has 9 heteroatoms. The van der Waals surface area contributed by atoms with E-state index in [4.69, 9.17) is 0 Å². The first kappa shape index (κ1) is 17.2. The molecule has 1 amide bonds. The molecule has 2 heterocycles. The lowest BCUT2D eigenvalue weighted by molar-refractivity contribution is -0.111. The molecule has 26 heavy (non-hydrogen) atoms. The highest BCUT2D eigenvalue weighted by Crippen LogP contribution is 2.21. The average Bonchev–Trinajstić information content (AvgIpc) is 3.16. The molecular weight excluding hydrogens is 344 g/mol. The van der Waals surface area contributed by atoms with E-state index in [2.05, 4.69) is 25.1 Å². The van der Waals surface area contributed by atoms with E-state index in [-0.39, 0.29) is 5.75 Å². The maximum absolute atomic E-state index is 12.4. The molecule has 2 aromatic heterocycles. The Bertz CT molecular complexity index is 896. The van der Waals surface area contributed by atoms with Crippen LogP contribution in [0, 0.1) is 0 Å². The Morgan fingerprint density at radius 1 is 1.23 bits per heavy atom. The van der Waals surface area contributed by atoms with E-state index in [0.717, 1.165) is 0 Å². The molecule has 0 saturated carbocycles. The van der Waals surface area contributed by atoms with Crippen molar-refractivity contribution < 1.29 is 18.3 Å². The van der Waals surface area contributed by atoms with E-state index >= 15 is 0 Å². The topological polar surface area (TPSA) is 81.9 Å². The number of para-hydroxylation sites is 1. The number of hydrogen-bond donors (Lipinski definition) is 1. The molecule has 1 N–H and O–H groups in total. The van der Waals surface area contributed by atoms with Crippen molar-refractivity contribution in [3.05, 3.63) is 66.9 Å². The Kier molecular flexibility index (Phi) is 5.28. The van der Waals surface area contributed by atoms with Gasteiger partial charge in [0.1, 0.15) is 18.4 Å². The summed E-state index contributed by atoms with van der Waals surface area (Å²) in [5.41, 5.74) is 0.836. The number of nitrogens with zero attached hydrogens (tertiary/aromatic N) is 4. The van der Waals surface area contributed by atoms with Gasteiger partial charge >= 0.3 is 6.61 Å². The smallest absolute Gasteiger partial charge is 0.387 e. The Hall–Kier alpha value is -3.62. The van der Waals surface area contributed by atoms with Gasteiger partial charge in [-0.05, 0) is 24.3 Å². The molecule has 1 aromatic carbocycles. The fourth-order valence-electron chi connectivity index (χ4n) is 2.09. The summed E-state index contributed by atoms with van der Waals surface area (Å²) < 4.78 is 30.6. The van der Waals surface area contributed by atoms with Gasteiger partial charge in [0.25, 0.3) is 0 Å².